The second-order valence-corrected chi connectivity index (χ2v) is 20.9. The van der Waals surface area contributed by atoms with Crippen LogP contribution in [0.25, 0.3) is 39.3 Å². The third-order valence-electron chi connectivity index (χ3n) is 14.1. The van der Waals surface area contributed by atoms with Crippen LogP contribution in [0.4, 0.5) is 17.3 Å². The van der Waals surface area contributed by atoms with Crippen molar-refractivity contribution in [1.29, 1.82) is 0 Å². The van der Waals surface area contributed by atoms with Gasteiger partial charge in [-0.3, -0.25) is 0 Å². The molecular weight excluding hydrogens is 1070 g/mol. The van der Waals surface area contributed by atoms with Crippen molar-refractivity contribution in [2.75, 3.05) is 0 Å². The number of hydrogen-bond donors (Lipinski definition) is 2. The zero-order chi connectivity index (χ0) is 53.6. The Labute approximate surface area is 480 Å². The molecule has 0 spiro atoms. The number of hydrogen-bond acceptors (Lipinski definition) is 10. The van der Waals surface area contributed by atoms with Crippen molar-refractivity contribution in [3.63, 3.8) is 0 Å². The van der Waals surface area contributed by atoms with Crippen LogP contribution >= 0.6 is 0 Å². The van der Waals surface area contributed by atoms with Gasteiger partial charge in [0.25, 0.3) is 0 Å². The van der Waals surface area contributed by atoms with E-state index in [2.05, 4.69) is 10.3 Å². The van der Waals surface area contributed by atoms with Crippen LogP contribution < -0.4 is 59.1 Å². The van der Waals surface area contributed by atoms with Crippen molar-refractivity contribution >= 4 is 68.7 Å². The molecule has 11 rings (SSSR count). The minimum atomic E-state index is -5.30. The van der Waals surface area contributed by atoms with Crippen LogP contribution in [0.15, 0.2) is 154 Å². The first kappa shape index (κ1) is 55.3. The molecule has 17 nitrogen and oxygen atoms in total. The van der Waals surface area contributed by atoms with Gasteiger partial charge >= 0.3 is 85.0 Å². The van der Waals surface area contributed by atoms with E-state index in [0.717, 1.165) is 22.8 Å². The quantitative estimate of drug-likeness (QED) is 0.113. The summed E-state index contributed by atoms with van der Waals surface area (Å²) in [6.07, 6.45) is 4.69. The summed E-state index contributed by atoms with van der Waals surface area (Å²) in [5.74, 6) is -2.36. The van der Waals surface area contributed by atoms with E-state index in [1.54, 1.807) is 54.7 Å². The Morgan fingerprint density at radius 2 is 1.12 bits per heavy atom. The number of carbonyl (C=O) groups is 2. The van der Waals surface area contributed by atoms with E-state index < -0.39 is 67.3 Å². The zero-order valence-corrected chi connectivity index (χ0v) is 47.0. The molecule has 4 aliphatic rings. The summed E-state index contributed by atoms with van der Waals surface area (Å²) in [5, 5.41) is 27.6. The molecule has 0 unspecified atom stereocenters. The maximum Gasteiger partial charge on any atom is 1.00 e. The molecule has 7 heterocycles. The molecule has 0 bridgehead atoms. The van der Waals surface area contributed by atoms with Gasteiger partial charge in [0, 0.05) is 58.6 Å². The van der Waals surface area contributed by atoms with Crippen LogP contribution in [0.5, 0.6) is 0 Å². The summed E-state index contributed by atoms with van der Waals surface area (Å²) >= 11 is 0. The monoisotopic (exact) mass is 1100 g/mol. The maximum atomic E-state index is 17.4. The number of carboxylic acid groups (broad SMARTS) is 2. The van der Waals surface area contributed by atoms with Crippen molar-refractivity contribution in [3.05, 3.63) is 200 Å². The Balaban J connectivity index is 0.00000361. The number of rotatable bonds is 10. The molecule has 2 N–H and O–H groups in total. The first-order chi connectivity index (χ1) is 35.3. The van der Waals surface area contributed by atoms with E-state index in [-0.39, 0.29) is 127 Å². The van der Waals surface area contributed by atoms with Crippen molar-refractivity contribution < 1.29 is 131 Å². The number of fused-ring (bicyclic) bond motifs is 4. The number of aromatic nitrogens is 5. The SMILES string of the molecule is CC1=C(S(=O)(=O)[O-])C(C)=[N+]2C1=C(c1ccc(-c3cn(-c4ccc(C5=C6C=CC(c7ccc(C(=O)O)cc7)=[N+]6[B-](F)(F)n6c5ccc6-c5ccc(C(=O)O)cc5)cc4)nn3)cc1)c1c(C)c(S(=O)(=O)[O-])c(C)n1[B-]2(F)F.[Na+].[Na+]. The standard InChI is InChI=1S/C50H37B2F4N7O10S2.2Na/c1-26-45-44(46-27(2)48(75(71,72)73)29(4)61(46)51(53,54)60(45)28(3)47(26)74(68,69)70)34-11-5-30(6-12-34)38-25-59(58-57-38)37-19-17-33(18-20-37)43-41-23-21-39(31-7-13-35(14-8-31)49(64)65)62(41)52(55,56)63-40(22-24-42(43)63)32-9-15-36(16-10-32)50(66)67;;/h5-25H,1-4H3,(H,64,65)(H,66,67)(H,68,69,70)(H,71,72,73);;/q;2*+1/p-2. The Kier molecular flexibility index (Phi) is 13.7. The van der Waals surface area contributed by atoms with Crippen molar-refractivity contribution in [2.45, 2.75) is 32.6 Å². The summed E-state index contributed by atoms with van der Waals surface area (Å²) in [7, 11) is -10.6. The predicted molar refractivity (Wildman–Crippen MR) is 265 cm³/mol. The van der Waals surface area contributed by atoms with Gasteiger partial charge in [-0.1, -0.05) is 53.7 Å². The molecule has 4 aliphatic heterocycles. The van der Waals surface area contributed by atoms with Gasteiger partial charge in [-0.2, -0.15) is 0 Å². The molecule has 0 amide bonds. The average Bonchev–Trinajstić information content (AvgIpc) is 4.20. The second kappa shape index (κ2) is 19.1. The van der Waals surface area contributed by atoms with Crippen LogP contribution in [-0.4, -0.2) is 106 Å². The van der Waals surface area contributed by atoms with Gasteiger partial charge in [0.2, 0.25) is 0 Å². The number of carboxylic acids is 2. The fourth-order valence-corrected chi connectivity index (χ4v) is 12.8. The molecule has 7 aromatic rings. The van der Waals surface area contributed by atoms with Crippen LogP contribution in [0.1, 0.15) is 73.9 Å². The summed E-state index contributed by atoms with van der Waals surface area (Å²) in [6.45, 7) is -5.19. The molecule has 0 saturated heterocycles. The van der Waals surface area contributed by atoms with Crippen molar-refractivity contribution in [3.8, 4) is 28.2 Å². The number of halogens is 4. The fraction of sp³-hybridized carbons (Fsp3) is 0.0800. The van der Waals surface area contributed by atoms with Crippen LogP contribution in [0, 0.1) is 13.8 Å². The van der Waals surface area contributed by atoms with Gasteiger partial charge in [-0.25, -0.2) is 31.1 Å². The third-order valence-corrected chi connectivity index (χ3v) is 16.3. The van der Waals surface area contributed by atoms with E-state index in [0.29, 0.717) is 48.2 Å². The Hall–Kier alpha value is -6.51. The summed E-state index contributed by atoms with van der Waals surface area (Å²) < 4.78 is 147. The van der Waals surface area contributed by atoms with E-state index in [4.69, 9.17) is 0 Å². The average molecular weight is 1100 g/mol. The largest absolute Gasteiger partial charge is 1.00 e. The molecular formula is C50H35B2F4N7Na2O10S2. The number of benzene rings is 4. The molecule has 27 heteroatoms. The Bertz CT molecular complexity index is 4210. The topological polar surface area (TPSA) is 236 Å². The molecule has 0 atom stereocenters. The summed E-state index contributed by atoms with van der Waals surface area (Å²) in [6, 6.07) is 27.2. The number of allylic oxidation sites excluding steroid dienone is 4. The normalized spacial score (nSPS) is 16.3. The summed E-state index contributed by atoms with van der Waals surface area (Å²) in [5.41, 5.74) is 1.13. The number of nitrogens with zero attached hydrogens (tertiary/aromatic N) is 7. The first-order valence-electron chi connectivity index (χ1n) is 22.7. The van der Waals surface area contributed by atoms with Gasteiger partial charge in [-0.05, 0) is 104 Å². The zero-order valence-electron chi connectivity index (χ0n) is 41.4. The van der Waals surface area contributed by atoms with Gasteiger partial charge in [0.15, 0.2) is 17.1 Å². The van der Waals surface area contributed by atoms with E-state index in [1.165, 1.54) is 91.3 Å². The molecule has 0 aliphatic carbocycles. The van der Waals surface area contributed by atoms with Crippen molar-refractivity contribution in [2.24, 2.45) is 0 Å². The maximum absolute atomic E-state index is 17.4. The fourth-order valence-electron chi connectivity index (χ4n) is 11.0. The number of aromatic carboxylic acids is 2. The van der Waals surface area contributed by atoms with E-state index in [9.17, 15) is 45.7 Å². The van der Waals surface area contributed by atoms with Crippen LogP contribution in [0.2, 0.25) is 0 Å². The molecule has 3 aromatic heterocycles. The second-order valence-electron chi connectivity index (χ2n) is 18.2. The molecule has 4 aromatic carbocycles. The van der Waals surface area contributed by atoms with Gasteiger partial charge in [-0.15, -0.1) is 5.10 Å². The smallest absolute Gasteiger partial charge is 0.744 e. The van der Waals surface area contributed by atoms with E-state index in [1.807, 2.05) is 0 Å². The Morgan fingerprint density at radius 3 is 1.68 bits per heavy atom. The predicted octanol–water partition coefficient (Wildman–Crippen LogP) is 1.50. The third kappa shape index (κ3) is 8.54. The molecule has 0 radical (unpaired) electrons. The van der Waals surface area contributed by atoms with Crippen molar-refractivity contribution in [1.82, 2.24) is 24.0 Å². The minimum Gasteiger partial charge on any atom is -0.744 e. The molecule has 0 saturated carbocycles. The van der Waals surface area contributed by atoms with Gasteiger partial charge < -0.3 is 54.5 Å². The molecule has 378 valence electrons. The van der Waals surface area contributed by atoms with Crippen LogP contribution in [-0.2, 0) is 20.2 Å². The van der Waals surface area contributed by atoms with Gasteiger partial charge in [0.1, 0.15) is 36.5 Å². The minimum absolute atomic E-state index is 0. The van der Waals surface area contributed by atoms with Gasteiger partial charge in [0.05, 0.1) is 39.1 Å². The van der Waals surface area contributed by atoms with E-state index >= 15 is 17.3 Å². The summed E-state index contributed by atoms with van der Waals surface area (Å²) in [4.78, 5) is 21.6. The van der Waals surface area contributed by atoms with Crippen LogP contribution in [0.3, 0.4) is 0 Å². The molecule has 0 fully saturated rings. The molecule has 77 heavy (non-hydrogen) atoms. The first-order valence-corrected chi connectivity index (χ1v) is 25.5. The Morgan fingerprint density at radius 1 is 0.610 bits per heavy atom.